The Kier molecular flexibility index (Phi) is 10.3. The zero-order valence-corrected chi connectivity index (χ0v) is 22.6. The summed E-state index contributed by atoms with van der Waals surface area (Å²) in [7, 11) is -3.51. The average molecular weight is 502 g/mol. The van der Waals surface area contributed by atoms with Gasteiger partial charge in [0.1, 0.15) is 6.04 Å². The number of anilines is 1. The van der Waals surface area contributed by atoms with Gasteiger partial charge in [0.2, 0.25) is 21.8 Å². The second-order valence-corrected chi connectivity index (χ2v) is 11.3. The van der Waals surface area contributed by atoms with E-state index in [-0.39, 0.29) is 30.8 Å². The molecule has 0 radical (unpaired) electrons. The fourth-order valence-corrected chi connectivity index (χ4v) is 5.05. The summed E-state index contributed by atoms with van der Waals surface area (Å²) in [5.41, 5.74) is 3.57. The minimum atomic E-state index is -3.51. The van der Waals surface area contributed by atoms with Crippen molar-refractivity contribution in [3.8, 4) is 0 Å². The van der Waals surface area contributed by atoms with Gasteiger partial charge in [0.15, 0.2) is 0 Å². The number of amides is 2. The second kappa shape index (κ2) is 12.7. The van der Waals surface area contributed by atoms with Crippen LogP contribution >= 0.6 is 0 Å². The number of carbonyl (C=O) groups is 2. The molecule has 7 nitrogen and oxygen atoms in total. The molecule has 0 saturated heterocycles. The molecule has 0 bridgehead atoms. The summed E-state index contributed by atoms with van der Waals surface area (Å²) in [5, 5.41) is 2.93. The molecule has 0 aromatic heterocycles. The molecule has 2 rings (SSSR count). The number of nitrogens with one attached hydrogen (secondary N) is 1. The Hall–Kier alpha value is -2.87. The van der Waals surface area contributed by atoms with Gasteiger partial charge in [-0.1, -0.05) is 48.9 Å². The molecular weight excluding hydrogens is 462 g/mol. The number of carbonyl (C=O) groups excluding carboxylic acids is 2. The number of rotatable bonds is 12. The first-order chi connectivity index (χ1) is 16.4. The first-order valence-electron chi connectivity index (χ1n) is 12.1. The number of aryl methyl sites for hydroxylation is 2. The van der Waals surface area contributed by atoms with Gasteiger partial charge in [0, 0.05) is 25.6 Å². The molecule has 0 fully saturated rings. The minimum absolute atomic E-state index is 0.0369. The van der Waals surface area contributed by atoms with Crippen LogP contribution in [0.5, 0.6) is 0 Å². The molecule has 1 N–H and O–H groups in total. The van der Waals surface area contributed by atoms with Crippen molar-refractivity contribution >= 4 is 27.5 Å². The molecule has 0 spiro atoms. The summed E-state index contributed by atoms with van der Waals surface area (Å²) in [6.45, 7) is 10.1. The molecule has 0 aliphatic carbocycles. The predicted octanol–water partition coefficient (Wildman–Crippen LogP) is 4.18. The lowest BCUT2D eigenvalue weighted by Gasteiger charge is -2.31. The Bertz CT molecular complexity index is 1110. The van der Waals surface area contributed by atoms with Crippen LogP contribution in [0.1, 0.15) is 56.7 Å². The predicted molar refractivity (Wildman–Crippen MR) is 142 cm³/mol. The van der Waals surface area contributed by atoms with Gasteiger partial charge in [0.25, 0.3) is 0 Å². The second-order valence-electron chi connectivity index (χ2n) is 9.38. The highest BCUT2D eigenvalue weighted by Gasteiger charge is 2.29. The van der Waals surface area contributed by atoms with Crippen LogP contribution in [0.2, 0.25) is 0 Å². The summed E-state index contributed by atoms with van der Waals surface area (Å²) in [4.78, 5) is 28.0. The zero-order valence-electron chi connectivity index (χ0n) is 21.7. The van der Waals surface area contributed by atoms with Crippen molar-refractivity contribution in [2.24, 2.45) is 0 Å². The maximum absolute atomic E-state index is 13.4. The molecule has 0 aliphatic heterocycles. The molecule has 35 heavy (non-hydrogen) atoms. The average Bonchev–Trinajstić information content (AvgIpc) is 2.75. The lowest BCUT2D eigenvalue weighted by atomic mass is 10.1. The Morgan fingerprint density at radius 3 is 2.17 bits per heavy atom. The molecule has 0 saturated carbocycles. The van der Waals surface area contributed by atoms with E-state index in [2.05, 4.69) is 5.32 Å². The summed E-state index contributed by atoms with van der Waals surface area (Å²) >= 11 is 0. The van der Waals surface area contributed by atoms with E-state index in [9.17, 15) is 18.0 Å². The van der Waals surface area contributed by atoms with Crippen molar-refractivity contribution in [2.75, 3.05) is 17.1 Å². The Labute approximate surface area is 210 Å². The van der Waals surface area contributed by atoms with Gasteiger partial charge in [0.05, 0.1) is 11.9 Å². The SMILES string of the molecule is CC[C@@H](C(=O)NC(C)C)N(Cc1cccc(C)c1)C(=O)CCCN(c1cccc(C)c1)S(C)(=O)=O. The van der Waals surface area contributed by atoms with Crippen LogP contribution in [-0.2, 0) is 26.2 Å². The monoisotopic (exact) mass is 501 g/mol. The van der Waals surface area contributed by atoms with E-state index < -0.39 is 16.1 Å². The lowest BCUT2D eigenvalue weighted by Crippen LogP contribution is -2.50. The summed E-state index contributed by atoms with van der Waals surface area (Å²) < 4.78 is 26.2. The van der Waals surface area contributed by atoms with E-state index in [4.69, 9.17) is 0 Å². The van der Waals surface area contributed by atoms with Crippen molar-refractivity contribution in [1.82, 2.24) is 10.2 Å². The molecule has 0 aliphatic rings. The molecule has 2 aromatic rings. The van der Waals surface area contributed by atoms with Gasteiger partial charge < -0.3 is 10.2 Å². The van der Waals surface area contributed by atoms with Gasteiger partial charge in [-0.05, 0) is 63.8 Å². The summed E-state index contributed by atoms with van der Waals surface area (Å²) in [6, 6.07) is 14.5. The number of benzene rings is 2. The third-order valence-electron chi connectivity index (χ3n) is 5.69. The van der Waals surface area contributed by atoms with Crippen molar-refractivity contribution in [1.29, 1.82) is 0 Å². The van der Waals surface area contributed by atoms with E-state index in [1.165, 1.54) is 10.6 Å². The zero-order chi connectivity index (χ0) is 26.2. The van der Waals surface area contributed by atoms with Gasteiger partial charge in [-0.2, -0.15) is 0 Å². The molecule has 192 valence electrons. The number of nitrogens with zero attached hydrogens (tertiary/aromatic N) is 2. The van der Waals surface area contributed by atoms with Crippen LogP contribution in [0, 0.1) is 13.8 Å². The van der Waals surface area contributed by atoms with E-state index in [0.29, 0.717) is 25.1 Å². The number of sulfonamides is 1. The van der Waals surface area contributed by atoms with Crippen LogP contribution in [-0.4, -0.2) is 50.0 Å². The molecule has 8 heteroatoms. The fourth-order valence-electron chi connectivity index (χ4n) is 4.09. The van der Waals surface area contributed by atoms with Crippen LogP contribution < -0.4 is 9.62 Å². The maximum Gasteiger partial charge on any atom is 0.243 e. The molecule has 2 aromatic carbocycles. The normalized spacial score (nSPS) is 12.3. The van der Waals surface area contributed by atoms with Crippen molar-refractivity contribution in [3.63, 3.8) is 0 Å². The summed E-state index contributed by atoms with van der Waals surface area (Å²) in [5.74, 6) is -0.351. The summed E-state index contributed by atoms with van der Waals surface area (Å²) in [6.07, 6.45) is 2.13. The third-order valence-corrected chi connectivity index (χ3v) is 6.89. The molecule has 2 amide bonds. The highest BCUT2D eigenvalue weighted by atomic mass is 32.2. The van der Waals surface area contributed by atoms with E-state index in [1.54, 1.807) is 11.0 Å². The van der Waals surface area contributed by atoms with Gasteiger partial charge in [-0.3, -0.25) is 13.9 Å². The highest BCUT2D eigenvalue weighted by Crippen LogP contribution is 2.21. The van der Waals surface area contributed by atoms with Crippen LogP contribution in [0.15, 0.2) is 48.5 Å². The lowest BCUT2D eigenvalue weighted by molar-refractivity contribution is -0.141. The van der Waals surface area contributed by atoms with Crippen molar-refractivity contribution < 1.29 is 18.0 Å². The van der Waals surface area contributed by atoms with E-state index >= 15 is 0 Å². The van der Waals surface area contributed by atoms with Gasteiger partial charge in [-0.25, -0.2) is 8.42 Å². The molecule has 0 heterocycles. The molecule has 1 atom stereocenters. The van der Waals surface area contributed by atoms with Crippen LogP contribution in [0.3, 0.4) is 0 Å². The van der Waals surface area contributed by atoms with E-state index in [1.807, 2.05) is 77.1 Å². The first-order valence-corrected chi connectivity index (χ1v) is 14.0. The van der Waals surface area contributed by atoms with Crippen molar-refractivity contribution in [2.45, 2.75) is 72.5 Å². The quantitative estimate of drug-likeness (QED) is 0.473. The standard InChI is InChI=1S/C27H39N3O4S/c1-7-25(27(32)28-20(2)3)29(19-23-13-8-11-21(4)17-23)26(31)15-10-16-30(35(6,33)34)24-14-9-12-22(5)18-24/h8-9,11-14,17-18,20,25H,7,10,15-16,19H2,1-6H3,(H,28,32)/t25-/m0/s1. The van der Waals surface area contributed by atoms with Crippen molar-refractivity contribution in [3.05, 3.63) is 65.2 Å². The Morgan fingerprint density at radius 1 is 1.00 bits per heavy atom. The van der Waals surface area contributed by atoms with Gasteiger partial charge >= 0.3 is 0 Å². The van der Waals surface area contributed by atoms with Gasteiger partial charge in [-0.15, -0.1) is 0 Å². The Morgan fingerprint density at radius 2 is 1.63 bits per heavy atom. The first kappa shape index (κ1) is 28.4. The van der Waals surface area contributed by atoms with Crippen LogP contribution in [0.4, 0.5) is 5.69 Å². The number of hydrogen-bond donors (Lipinski definition) is 1. The van der Waals surface area contributed by atoms with Crippen LogP contribution in [0.25, 0.3) is 0 Å². The third kappa shape index (κ3) is 8.69. The fraction of sp³-hybridized carbons (Fsp3) is 0.481. The maximum atomic E-state index is 13.4. The van der Waals surface area contributed by atoms with E-state index in [0.717, 1.165) is 16.7 Å². The Balaban J connectivity index is 2.22. The largest absolute Gasteiger partial charge is 0.352 e. The molecular formula is C27H39N3O4S. The highest BCUT2D eigenvalue weighted by molar-refractivity contribution is 7.92. The molecule has 0 unspecified atom stereocenters. The number of hydrogen-bond acceptors (Lipinski definition) is 4. The topological polar surface area (TPSA) is 86.8 Å². The minimum Gasteiger partial charge on any atom is -0.352 e. The smallest absolute Gasteiger partial charge is 0.243 e.